The summed E-state index contributed by atoms with van der Waals surface area (Å²) >= 11 is 5.85. The summed E-state index contributed by atoms with van der Waals surface area (Å²) < 4.78 is 5.23. The molecule has 4 nitrogen and oxygen atoms in total. The molecular weight excluding hydrogens is 314 g/mol. The van der Waals surface area contributed by atoms with Gasteiger partial charge in [-0.15, -0.1) is 0 Å². The molecule has 0 atom stereocenters. The summed E-state index contributed by atoms with van der Waals surface area (Å²) in [4.78, 5) is 23.9. The maximum atomic E-state index is 12.0. The zero-order valence-electron chi connectivity index (χ0n) is 12.8. The monoisotopic (exact) mass is 331 g/mol. The summed E-state index contributed by atoms with van der Waals surface area (Å²) in [7, 11) is 1.59. The molecule has 0 aromatic heterocycles. The van der Waals surface area contributed by atoms with Gasteiger partial charge in [0, 0.05) is 35.5 Å². The van der Waals surface area contributed by atoms with Crippen LogP contribution in [0.3, 0.4) is 0 Å². The highest BCUT2D eigenvalue weighted by Crippen LogP contribution is 2.17. The Morgan fingerprint density at radius 1 is 1.09 bits per heavy atom. The van der Waals surface area contributed by atoms with E-state index in [1.54, 1.807) is 31.4 Å². The number of rotatable bonds is 7. The van der Waals surface area contributed by atoms with Crippen LogP contribution in [0.2, 0.25) is 5.02 Å². The van der Waals surface area contributed by atoms with Gasteiger partial charge in [0.05, 0.1) is 7.11 Å². The van der Waals surface area contributed by atoms with Gasteiger partial charge in [-0.3, -0.25) is 9.59 Å². The van der Waals surface area contributed by atoms with Gasteiger partial charge in [0.2, 0.25) is 5.91 Å². The van der Waals surface area contributed by atoms with Gasteiger partial charge in [-0.1, -0.05) is 41.9 Å². The van der Waals surface area contributed by atoms with Crippen molar-refractivity contribution in [1.29, 1.82) is 0 Å². The molecule has 1 N–H and O–H groups in total. The van der Waals surface area contributed by atoms with Crippen LogP contribution in [0.25, 0.3) is 0 Å². The number of hydrogen-bond acceptors (Lipinski definition) is 3. The lowest BCUT2D eigenvalue weighted by Crippen LogP contribution is -2.23. The van der Waals surface area contributed by atoms with Crippen LogP contribution in [-0.2, 0) is 11.3 Å². The molecule has 0 saturated heterocycles. The number of hydrogen-bond donors (Lipinski definition) is 1. The summed E-state index contributed by atoms with van der Waals surface area (Å²) in [5.41, 5.74) is 1.42. The van der Waals surface area contributed by atoms with E-state index in [1.165, 1.54) is 0 Å². The van der Waals surface area contributed by atoms with Gasteiger partial charge >= 0.3 is 0 Å². The predicted octanol–water partition coefficient (Wildman–Crippen LogP) is 3.63. The third-order valence-electron chi connectivity index (χ3n) is 3.39. The number of ketones is 1. The first-order valence-corrected chi connectivity index (χ1v) is 7.65. The Bertz CT molecular complexity index is 700. The lowest BCUT2D eigenvalue weighted by atomic mass is 10.1. The number of halogens is 1. The minimum absolute atomic E-state index is 0.0973. The van der Waals surface area contributed by atoms with Crippen LogP contribution < -0.4 is 10.1 Å². The van der Waals surface area contributed by atoms with Crippen molar-refractivity contribution in [2.45, 2.75) is 19.4 Å². The molecule has 23 heavy (non-hydrogen) atoms. The van der Waals surface area contributed by atoms with E-state index in [0.717, 1.165) is 11.3 Å². The molecule has 0 aliphatic rings. The van der Waals surface area contributed by atoms with Gasteiger partial charge in [0.1, 0.15) is 5.75 Å². The Morgan fingerprint density at radius 2 is 1.87 bits per heavy atom. The predicted molar refractivity (Wildman–Crippen MR) is 89.9 cm³/mol. The topological polar surface area (TPSA) is 55.4 Å². The van der Waals surface area contributed by atoms with E-state index in [2.05, 4.69) is 5.32 Å². The lowest BCUT2D eigenvalue weighted by molar-refractivity contribution is -0.121. The number of amides is 1. The van der Waals surface area contributed by atoms with Crippen LogP contribution in [0.1, 0.15) is 28.8 Å². The van der Waals surface area contributed by atoms with Crippen LogP contribution in [-0.4, -0.2) is 18.8 Å². The van der Waals surface area contributed by atoms with E-state index in [9.17, 15) is 9.59 Å². The number of Topliss-reactive ketones (excluding diaryl/α,β-unsaturated/α-hetero) is 1. The molecule has 0 spiro atoms. The molecular formula is C18H18ClNO3. The summed E-state index contributed by atoms with van der Waals surface area (Å²) in [6, 6.07) is 14.2. The highest BCUT2D eigenvalue weighted by atomic mass is 35.5. The molecule has 0 fully saturated rings. The van der Waals surface area contributed by atoms with E-state index in [4.69, 9.17) is 16.3 Å². The highest BCUT2D eigenvalue weighted by Gasteiger charge is 2.10. The number of carbonyl (C=O) groups excluding carboxylic acids is 2. The van der Waals surface area contributed by atoms with Crippen molar-refractivity contribution in [1.82, 2.24) is 5.32 Å². The third-order valence-corrected chi connectivity index (χ3v) is 3.63. The quantitative estimate of drug-likeness (QED) is 0.788. The lowest BCUT2D eigenvalue weighted by Gasteiger charge is -2.09. The summed E-state index contributed by atoms with van der Waals surface area (Å²) in [5.74, 6) is 0.453. The molecule has 120 valence electrons. The number of benzene rings is 2. The highest BCUT2D eigenvalue weighted by molar-refractivity contribution is 6.31. The number of para-hydroxylation sites is 1. The minimum atomic E-state index is -0.175. The van der Waals surface area contributed by atoms with Crippen molar-refractivity contribution in [3.05, 3.63) is 64.7 Å². The standard InChI is InChI=1S/C18H18ClNO3/c1-23-17-8-3-2-5-14(17)12-20-18(22)10-9-16(21)13-6-4-7-15(19)11-13/h2-8,11H,9-10,12H2,1H3,(H,20,22). The SMILES string of the molecule is COc1ccccc1CNC(=O)CCC(=O)c1cccc(Cl)c1. The van der Waals surface area contributed by atoms with Crippen LogP contribution in [0.5, 0.6) is 5.75 Å². The Hall–Kier alpha value is -2.33. The van der Waals surface area contributed by atoms with Crippen LogP contribution >= 0.6 is 11.6 Å². The molecule has 0 aliphatic carbocycles. The normalized spacial score (nSPS) is 10.2. The molecule has 0 heterocycles. The Balaban J connectivity index is 1.82. The van der Waals surface area contributed by atoms with Gasteiger partial charge in [-0.25, -0.2) is 0 Å². The largest absolute Gasteiger partial charge is 0.496 e. The molecule has 2 aromatic rings. The number of nitrogens with one attached hydrogen (secondary N) is 1. The second-order valence-electron chi connectivity index (χ2n) is 5.02. The maximum absolute atomic E-state index is 12.0. The van der Waals surface area contributed by atoms with E-state index in [1.807, 2.05) is 24.3 Å². The van der Waals surface area contributed by atoms with Crippen molar-refractivity contribution >= 4 is 23.3 Å². The van der Waals surface area contributed by atoms with Crippen molar-refractivity contribution in [2.24, 2.45) is 0 Å². The van der Waals surface area contributed by atoms with E-state index in [0.29, 0.717) is 17.1 Å². The first kappa shape index (κ1) is 17.0. The summed E-state index contributed by atoms with van der Waals surface area (Å²) in [6.07, 6.45) is 0.290. The van der Waals surface area contributed by atoms with Gasteiger partial charge in [-0.2, -0.15) is 0 Å². The second kappa shape index (κ2) is 8.34. The van der Waals surface area contributed by atoms with Crippen molar-refractivity contribution < 1.29 is 14.3 Å². The fourth-order valence-electron chi connectivity index (χ4n) is 2.16. The summed E-state index contributed by atoms with van der Waals surface area (Å²) in [5, 5.41) is 3.31. The first-order chi connectivity index (χ1) is 11.1. The number of methoxy groups -OCH3 is 1. The average molecular weight is 332 g/mol. The average Bonchev–Trinajstić information content (AvgIpc) is 2.58. The Kier molecular flexibility index (Phi) is 6.18. The third kappa shape index (κ3) is 5.11. The van der Waals surface area contributed by atoms with Gasteiger partial charge in [-0.05, 0) is 18.2 Å². The molecule has 1 amide bonds. The Morgan fingerprint density at radius 3 is 2.61 bits per heavy atom. The van der Waals surface area contributed by atoms with E-state index >= 15 is 0 Å². The molecule has 0 bridgehead atoms. The van der Waals surface area contributed by atoms with Crippen LogP contribution in [0.15, 0.2) is 48.5 Å². The molecule has 2 aromatic carbocycles. The van der Waals surface area contributed by atoms with Gasteiger partial charge < -0.3 is 10.1 Å². The second-order valence-corrected chi connectivity index (χ2v) is 5.46. The smallest absolute Gasteiger partial charge is 0.220 e. The van der Waals surface area contributed by atoms with E-state index in [-0.39, 0.29) is 24.5 Å². The fourth-order valence-corrected chi connectivity index (χ4v) is 2.35. The van der Waals surface area contributed by atoms with Crippen molar-refractivity contribution in [3.8, 4) is 5.75 Å². The number of ether oxygens (including phenoxy) is 1. The zero-order chi connectivity index (χ0) is 16.7. The molecule has 0 aliphatic heterocycles. The van der Waals surface area contributed by atoms with Crippen LogP contribution in [0, 0.1) is 0 Å². The zero-order valence-corrected chi connectivity index (χ0v) is 13.6. The van der Waals surface area contributed by atoms with Gasteiger partial charge in [0.15, 0.2) is 5.78 Å². The molecule has 0 saturated carbocycles. The van der Waals surface area contributed by atoms with E-state index < -0.39 is 0 Å². The molecule has 0 unspecified atom stereocenters. The van der Waals surface area contributed by atoms with Crippen molar-refractivity contribution in [3.63, 3.8) is 0 Å². The van der Waals surface area contributed by atoms with Crippen molar-refractivity contribution in [2.75, 3.05) is 7.11 Å². The van der Waals surface area contributed by atoms with Gasteiger partial charge in [0.25, 0.3) is 0 Å². The minimum Gasteiger partial charge on any atom is -0.496 e. The van der Waals surface area contributed by atoms with Crippen LogP contribution in [0.4, 0.5) is 0 Å². The Labute approximate surface area is 140 Å². The first-order valence-electron chi connectivity index (χ1n) is 7.27. The number of carbonyl (C=O) groups is 2. The molecule has 5 heteroatoms. The maximum Gasteiger partial charge on any atom is 0.220 e. The molecule has 2 rings (SSSR count). The summed E-state index contributed by atoms with van der Waals surface area (Å²) in [6.45, 7) is 0.369. The molecule has 0 radical (unpaired) electrons. The fraction of sp³-hybridized carbons (Fsp3) is 0.222.